The second-order valence-corrected chi connectivity index (χ2v) is 10.3. The first-order valence-electron chi connectivity index (χ1n) is 11.2. The topological polar surface area (TPSA) is 39.7 Å². The molecule has 7 heteroatoms. The Kier molecular flexibility index (Phi) is 7.75. The Morgan fingerprint density at radius 3 is 2.61 bits per heavy atom. The lowest BCUT2D eigenvalue weighted by Gasteiger charge is -2.40. The molecule has 166 valence electrons. The van der Waals surface area contributed by atoms with E-state index in [1.807, 2.05) is 43.5 Å². The average Bonchev–Trinajstić information content (AvgIpc) is 2.81. The lowest BCUT2D eigenvalue weighted by molar-refractivity contribution is -0.132. The molecule has 0 saturated carbocycles. The molecule has 0 bridgehead atoms. The lowest BCUT2D eigenvalue weighted by Crippen LogP contribution is -2.51. The number of rotatable bonds is 6. The van der Waals surface area contributed by atoms with Gasteiger partial charge in [-0.05, 0) is 62.1 Å². The van der Waals surface area contributed by atoms with Crippen molar-refractivity contribution in [1.29, 1.82) is 0 Å². The normalized spacial score (nSPS) is 21.2. The monoisotopic (exact) mass is 458 g/mol. The predicted molar refractivity (Wildman–Crippen MR) is 129 cm³/mol. The number of hydrogen-bond donors (Lipinski definition) is 0. The van der Waals surface area contributed by atoms with Crippen molar-refractivity contribution < 1.29 is 4.79 Å². The van der Waals surface area contributed by atoms with Crippen LogP contribution >= 0.6 is 23.4 Å². The maximum absolute atomic E-state index is 13.1. The highest BCUT2D eigenvalue weighted by molar-refractivity contribution is 8.00. The number of halogens is 1. The molecule has 31 heavy (non-hydrogen) atoms. The first kappa shape index (κ1) is 22.4. The van der Waals surface area contributed by atoms with E-state index in [1.54, 1.807) is 11.8 Å². The van der Waals surface area contributed by atoms with Gasteiger partial charge in [0.15, 0.2) is 0 Å². The van der Waals surface area contributed by atoms with Gasteiger partial charge in [0.1, 0.15) is 5.82 Å². The number of nitrogens with zero attached hydrogens (tertiary/aromatic N) is 4. The number of anilines is 1. The van der Waals surface area contributed by atoms with Crippen molar-refractivity contribution >= 4 is 35.1 Å². The van der Waals surface area contributed by atoms with Gasteiger partial charge < -0.3 is 9.80 Å². The minimum Gasteiger partial charge on any atom is -0.354 e. The van der Waals surface area contributed by atoms with Gasteiger partial charge in [0.2, 0.25) is 5.91 Å². The van der Waals surface area contributed by atoms with Crippen LogP contribution in [0, 0.1) is 5.92 Å². The molecule has 4 rings (SSSR count). The van der Waals surface area contributed by atoms with E-state index in [4.69, 9.17) is 11.6 Å². The highest BCUT2D eigenvalue weighted by Crippen LogP contribution is 2.28. The number of thioether (sulfide) groups is 1. The summed E-state index contributed by atoms with van der Waals surface area (Å²) in [5, 5.41) is 0.643. The number of pyridine rings is 1. The number of piperazine rings is 1. The van der Waals surface area contributed by atoms with Gasteiger partial charge in [-0.2, -0.15) is 0 Å². The minimum absolute atomic E-state index is 0.0816. The number of aromatic nitrogens is 1. The number of benzene rings is 1. The van der Waals surface area contributed by atoms with E-state index < -0.39 is 0 Å². The first-order valence-corrected chi connectivity index (χ1v) is 12.4. The maximum Gasteiger partial charge on any atom is 0.235 e. The smallest absolute Gasteiger partial charge is 0.235 e. The van der Waals surface area contributed by atoms with E-state index in [0.29, 0.717) is 5.92 Å². The molecule has 2 saturated heterocycles. The third-order valence-electron chi connectivity index (χ3n) is 6.17. The fourth-order valence-corrected chi connectivity index (χ4v) is 5.58. The van der Waals surface area contributed by atoms with Crippen LogP contribution in [0.2, 0.25) is 5.02 Å². The largest absolute Gasteiger partial charge is 0.354 e. The van der Waals surface area contributed by atoms with Crippen LogP contribution in [-0.2, 0) is 4.79 Å². The van der Waals surface area contributed by atoms with Crippen LogP contribution in [-0.4, -0.2) is 71.8 Å². The van der Waals surface area contributed by atoms with Gasteiger partial charge in [0, 0.05) is 61.9 Å². The summed E-state index contributed by atoms with van der Waals surface area (Å²) in [5.74, 6) is 1.89. The van der Waals surface area contributed by atoms with Crippen LogP contribution in [0.25, 0.3) is 0 Å². The zero-order valence-corrected chi connectivity index (χ0v) is 19.7. The fourth-order valence-electron chi connectivity index (χ4n) is 4.50. The zero-order valence-electron chi connectivity index (χ0n) is 18.1. The van der Waals surface area contributed by atoms with Gasteiger partial charge in [0.05, 0.1) is 5.25 Å². The summed E-state index contributed by atoms with van der Waals surface area (Å²) in [6.45, 7) is 9.01. The summed E-state index contributed by atoms with van der Waals surface area (Å²) >= 11 is 7.59. The van der Waals surface area contributed by atoms with Crippen molar-refractivity contribution in [3.8, 4) is 0 Å². The summed E-state index contributed by atoms with van der Waals surface area (Å²) in [6.07, 6.45) is 4.17. The molecule has 0 aliphatic carbocycles. The van der Waals surface area contributed by atoms with E-state index in [0.717, 1.165) is 68.0 Å². The fraction of sp³-hybridized carbons (Fsp3) is 0.500. The van der Waals surface area contributed by atoms with Gasteiger partial charge in [0.25, 0.3) is 0 Å². The van der Waals surface area contributed by atoms with Crippen LogP contribution in [0.15, 0.2) is 53.6 Å². The summed E-state index contributed by atoms with van der Waals surface area (Å²) in [4.78, 5) is 25.6. The molecule has 1 amide bonds. The Labute approximate surface area is 194 Å². The van der Waals surface area contributed by atoms with Crippen molar-refractivity contribution in [2.75, 3.05) is 50.7 Å². The van der Waals surface area contributed by atoms with Gasteiger partial charge in [-0.15, -0.1) is 11.8 Å². The maximum atomic E-state index is 13.1. The first-order chi connectivity index (χ1) is 15.1. The van der Waals surface area contributed by atoms with Crippen molar-refractivity contribution in [3.05, 3.63) is 53.7 Å². The van der Waals surface area contributed by atoms with Crippen LogP contribution in [0.1, 0.15) is 19.8 Å². The van der Waals surface area contributed by atoms with Crippen LogP contribution in [0.3, 0.4) is 0 Å². The van der Waals surface area contributed by atoms with Crippen molar-refractivity contribution in [2.45, 2.75) is 29.9 Å². The molecule has 3 heterocycles. The second kappa shape index (κ2) is 10.7. The van der Waals surface area contributed by atoms with Crippen molar-refractivity contribution in [3.63, 3.8) is 0 Å². The molecule has 2 unspecified atom stereocenters. The Balaban J connectivity index is 1.24. The molecule has 1 aromatic heterocycles. The molecule has 2 aliphatic heterocycles. The third-order valence-corrected chi connectivity index (χ3v) is 7.52. The number of hydrogen-bond acceptors (Lipinski definition) is 5. The molecule has 0 radical (unpaired) electrons. The third kappa shape index (κ3) is 6.15. The van der Waals surface area contributed by atoms with Gasteiger partial charge >= 0.3 is 0 Å². The molecule has 2 aliphatic rings. The van der Waals surface area contributed by atoms with Crippen LogP contribution in [0.5, 0.6) is 0 Å². The van der Waals surface area contributed by atoms with E-state index in [9.17, 15) is 4.79 Å². The average molecular weight is 459 g/mol. The molecule has 5 nitrogen and oxygen atoms in total. The van der Waals surface area contributed by atoms with Gasteiger partial charge in [-0.25, -0.2) is 4.98 Å². The number of carbonyl (C=O) groups excluding carboxylic acids is 1. The highest BCUT2D eigenvalue weighted by atomic mass is 35.5. The molecule has 1 aromatic carbocycles. The zero-order chi connectivity index (χ0) is 21.6. The number of carbonyl (C=O) groups is 1. The molecular weight excluding hydrogens is 428 g/mol. The minimum atomic E-state index is -0.0816. The van der Waals surface area contributed by atoms with E-state index in [-0.39, 0.29) is 11.2 Å². The number of likely N-dealkylation sites (tertiary alicyclic amines) is 1. The lowest BCUT2D eigenvalue weighted by atomic mass is 9.97. The summed E-state index contributed by atoms with van der Waals surface area (Å²) < 4.78 is 0. The quantitative estimate of drug-likeness (QED) is 0.604. The SMILES string of the molecule is CC(Sc1ccc(Cl)cc1)C(=O)N1CCCC(CN2CCN(c3ccccn3)CC2)C1. The second-order valence-electron chi connectivity index (χ2n) is 8.48. The van der Waals surface area contributed by atoms with Gasteiger partial charge in [-0.1, -0.05) is 17.7 Å². The molecule has 0 N–H and O–H groups in total. The van der Waals surface area contributed by atoms with Crippen molar-refractivity contribution in [2.24, 2.45) is 5.92 Å². The summed E-state index contributed by atoms with van der Waals surface area (Å²) in [6, 6.07) is 13.8. The van der Waals surface area contributed by atoms with Crippen LogP contribution < -0.4 is 4.90 Å². The summed E-state index contributed by atoms with van der Waals surface area (Å²) in [7, 11) is 0. The molecule has 2 fully saturated rings. The Morgan fingerprint density at radius 2 is 1.90 bits per heavy atom. The Morgan fingerprint density at radius 1 is 1.13 bits per heavy atom. The van der Waals surface area contributed by atoms with E-state index in [2.05, 4.69) is 31.8 Å². The summed E-state index contributed by atoms with van der Waals surface area (Å²) in [5.41, 5.74) is 0. The highest BCUT2D eigenvalue weighted by Gasteiger charge is 2.29. The molecule has 2 atom stereocenters. The standard InChI is InChI=1S/C24H31ClN4OS/c1-19(31-22-9-7-21(25)8-10-22)24(30)29-12-4-5-20(18-29)17-27-13-15-28(16-14-27)23-6-2-3-11-26-23/h2-3,6-11,19-20H,4-5,12-18H2,1H3. The number of amides is 1. The van der Waals surface area contributed by atoms with E-state index in [1.165, 1.54) is 6.42 Å². The molecule has 2 aromatic rings. The predicted octanol–water partition coefficient (Wildman–Crippen LogP) is 4.28. The van der Waals surface area contributed by atoms with E-state index >= 15 is 0 Å². The van der Waals surface area contributed by atoms with Crippen LogP contribution in [0.4, 0.5) is 5.82 Å². The Hall–Kier alpha value is -1.76. The number of piperidine rings is 1. The van der Waals surface area contributed by atoms with Crippen molar-refractivity contribution in [1.82, 2.24) is 14.8 Å². The molecule has 0 spiro atoms. The Bertz CT molecular complexity index is 842. The molecular formula is C24H31ClN4OS. The van der Waals surface area contributed by atoms with Gasteiger partial charge in [-0.3, -0.25) is 9.69 Å².